The van der Waals surface area contributed by atoms with E-state index in [2.05, 4.69) is 4.98 Å². The second-order valence-corrected chi connectivity index (χ2v) is 5.38. The Kier molecular flexibility index (Phi) is 5.49. The third kappa shape index (κ3) is 3.82. The van der Waals surface area contributed by atoms with E-state index in [0.717, 1.165) is 0 Å². The predicted octanol–water partition coefficient (Wildman–Crippen LogP) is 3.11. The molecular formula is C15H15ClF2N2O2. The highest BCUT2D eigenvalue weighted by Gasteiger charge is 2.40. The number of halogens is 3. The summed E-state index contributed by atoms with van der Waals surface area (Å²) in [6, 6.07) is 6.33. The monoisotopic (exact) mass is 328 g/mol. The molecule has 0 aliphatic carbocycles. The zero-order valence-electron chi connectivity index (χ0n) is 11.7. The molecule has 0 saturated heterocycles. The number of aromatic nitrogens is 2. The van der Waals surface area contributed by atoms with Crippen LogP contribution in [-0.4, -0.2) is 35.3 Å². The number of alkyl halides is 2. The molecule has 0 aliphatic rings. The number of benzene rings is 1. The van der Waals surface area contributed by atoms with Crippen LogP contribution < -0.4 is 4.74 Å². The average Bonchev–Trinajstić information content (AvgIpc) is 3.03. The first-order valence-corrected chi connectivity index (χ1v) is 6.97. The molecule has 0 spiro atoms. The van der Waals surface area contributed by atoms with Gasteiger partial charge in [0, 0.05) is 17.4 Å². The third-order valence-corrected chi connectivity index (χ3v) is 3.57. The van der Waals surface area contributed by atoms with Gasteiger partial charge < -0.3 is 9.30 Å². The molecule has 0 amide bonds. The van der Waals surface area contributed by atoms with E-state index < -0.39 is 24.5 Å². The van der Waals surface area contributed by atoms with Crippen LogP contribution in [0.3, 0.4) is 0 Å². The Labute approximate surface area is 131 Å². The van der Waals surface area contributed by atoms with Crippen LogP contribution >= 0.6 is 11.6 Å². The van der Waals surface area contributed by atoms with Crippen LogP contribution in [0.25, 0.3) is 0 Å². The molecule has 2 rings (SSSR count). The number of nitrogens with zero attached hydrogens (tertiary/aromatic N) is 2. The maximum atomic E-state index is 13.4. The SMILES string of the molecule is O=C(Cn1ccnc1)C(CF)(CF)COc1ccc(Cl)cc1. The summed E-state index contributed by atoms with van der Waals surface area (Å²) < 4.78 is 33.6. The van der Waals surface area contributed by atoms with E-state index in [1.807, 2.05) is 0 Å². The van der Waals surface area contributed by atoms with Crippen LogP contribution in [0.5, 0.6) is 5.75 Å². The van der Waals surface area contributed by atoms with Gasteiger partial charge in [-0.05, 0) is 24.3 Å². The van der Waals surface area contributed by atoms with Crippen LogP contribution in [0.4, 0.5) is 8.78 Å². The lowest BCUT2D eigenvalue weighted by Gasteiger charge is -2.26. The molecule has 7 heteroatoms. The summed E-state index contributed by atoms with van der Waals surface area (Å²) in [5.41, 5.74) is -1.82. The van der Waals surface area contributed by atoms with Gasteiger partial charge in [-0.2, -0.15) is 0 Å². The average molecular weight is 329 g/mol. The molecule has 1 heterocycles. The van der Waals surface area contributed by atoms with Crippen LogP contribution in [0.1, 0.15) is 0 Å². The first-order chi connectivity index (χ1) is 10.6. The van der Waals surface area contributed by atoms with Crippen molar-refractivity contribution in [3.8, 4) is 5.75 Å². The van der Waals surface area contributed by atoms with Crippen molar-refractivity contribution in [3.05, 3.63) is 48.0 Å². The van der Waals surface area contributed by atoms with E-state index in [4.69, 9.17) is 16.3 Å². The summed E-state index contributed by atoms with van der Waals surface area (Å²) in [6.45, 7) is -2.80. The van der Waals surface area contributed by atoms with Crippen LogP contribution in [-0.2, 0) is 11.3 Å². The second kappa shape index (κ2) is 7.35. The number of hydrogen-bond acceptors (Lipinski definition) is 3. The normalized spacial score (nSPS) is 11.4. The minimum absolute atomic E-state index is 0.155. The Hall–Kier alpha value is -1.95. The second-order valence-electron chi connectivity index (χ2n) is 4.95. The molecule has 4 nitrogen and oxygen atoms in total. The fraction of sp³-hybridized carbons (Fsp3) is 0.333. The number of ketones is 1. The van der Waals surface area contributed by atoms with E-state index in [9.17, 15) is 13.6 Å². The van der Waals surface area contributed by atoms with Crippen molar-refractivity contribution in [2.45, 2.75) is 6.54 Å². The molecular weight excluding hydrogens is 314 g/mol. The molecule has 0 bridgehead atoms. The first-order valence-electron chi connectivity index (χ1n) is 6.59. The Bertz CT molecular complexity index is 599. The Morgan fingerprint density at radius 2 is 1.95 bits per heavy atom. The summed E-state index contributed by atoms with van der Waals surface area (Å²) in [7, 11) is 0. The number of rotatable bonds is 8. The molecule has 0 atom stereocenters. The van der Waals surface area contributed by atoms with Crippen molar-refractivity contribution in [1.29, 1.82) is 0 Å². The zero-order chi connectivity index (χ0) is 16.0. The highest BCUT2D eigenvalue weighted by molar-refractivity contribution is 6.30. The summed E-state index contributed by atoms with van der Waals surface area (Å²) in [5.74, 6) is -0.185. The van der Waals surface area contributed by atoms with Gasteiger partial charge in [0.1, 0.15) is 31.1 Å². The molecule has 0 saturated carbocycles. The van der Waals surface area contributed by atoms with Crippen LogP contribution in [0.2, 0.25) is 5.02 Å². The highest BCUT2D eigenvalue weighted by atomic mass is 35.5. The number of carbonyl (C=O) groups is 1. The Morgan fingerprint density at radius 1 is 1.27 bits per heavy atom. The number of Topliss-reactive ketones (excluding diaryl/α,β-unsaturated/α-hetero) is 1. The zero-order valence-corrected chi connectivity index (χ0v) is 12.5. The quantitative estimate of drug-likeness (QED) is 0.748. The van der Waals surface area contributed by atoms with Gasteiger partial charge in [0.15, 0.2) is 5.78 Å². The lowest BCUT2D eigenvalue weighted by atomic mass is 9.87. The van der Waals surface area contributed by atoms with Crippen molar-refractivity contribution in [1.82, 2.24) is 9.55 Å². The Balaban J connectivity index is 2.06. The fourth-order valence-corrected chi connectivity index (χ4v) is 1.93. The van der Waals surface area contributed by atoms with Crippen molar-refractivity contribution >= 4 is 17.4 Å². The smallest absolute Gasteiger partial charge is 0.167 e. The van der Waals surface area contributed by atoms with E-state index in [0.29, 0.717) is 10.8 Å². The maximum Gasteiger partial charge on any atom is 0.167 e. The molecule has 0 N–H and O–H groups in total. The van der Waals surface area contributed by atoms with Crippen LogP contribution in [0.15, 0.2) is 43.0 Å². The largest absolute Gasteiger partial charge is 0.492 e. The van der Waals surface area contributed by atoms with Gasteiger partial charge in [-0.1, -0.05) is 11.6 Å². The molecule has 1 aromatic carbocycles. The van der Waals surface area contributed by atoms with Crippen molar-refractivity contribution in [2.75, 3.05) is 20.0 Å². The summed E-state index contributed by atoms with van der Waals surface area (Å²) in [5, 5.41) is 0.519. The lowest BCUT2D eigenvalue weighted by Crippen LogP contribution is -2.43. The number of hydrogen-bond donors (Lipinski definition) is 0. The number of carbonyl (C=O) groups excluding carboxylic acids is 1. The maximum absolute atomic E-state index is 13.4. The molecule has 0 fully saturated rings. The van der Waals surface area contributed by atoms with E-state index in [1.165, 1.54) is 17.1 Å². The fourth-order valence-electron chi connectivity index (χ4n) is 1.81. The highest BCUT2D eigenvalue weighted by Crippen LogP contribution is 2.24. The van der Waals surface area contributed by atoms with Gasteiger partial charge in [-0.3, -0.25) is 4.79 Å². The van der Waals surface area contributed by atoms with Crippen molar-refractivity contribution in [3.63, 3.8) is 0 Å². The van der Waals surface area contributed by atoms with Gasteiger partial charge in [-0.25, -0.2) is 13.8 Å². The standard InChI is InChI=1S/C15H15ClF2N2O2/c16-12-1-3-13(4-2-12)22-10-15(8-17,9-18)14(21)7-20-6-5-19-11-20/h1-6,11H,7-10H2. The third-order valence-electron chi connectivity index (χ3n) is 3.32. The van der Waals surface area contributed by atoms with Gasteiger partial charge in [0.05, 0.1) is 12.9 Å². The Morgan fingerprint density at radius 3 is 2.50 bits per heavy atom. The molecule has 1 aromatic heterocycles. The lowest BCUT2D eigenvalue weighted by molar-refractivity contribution is -0.133. The van der Waals surface area contributed by atoms with E-state index in [-0.39, 0.29) is 13.2 Å². The predicted molar refractivity (Wildman–Crippen MR) is 78.6 cm³/mol. The number of imidazole rings is 1. The van der Waals surface area contributed by atoms with Crippen molar-refractivity contribution < 1.29 is 18.3 Å². The van der Waals surface area contributed by atoms with Gasteiger partial charge >= 0.3 is 0 Å². The molecule has 0 aliphatic heterocycles. The molecule has 0 radical (unpaired) electrons. The minimum atomic E-state index is -1.82. The first kappa shape index (κ1) is 16.4. The number of ether oxygens (including phenoxy) is 1. The summed E-state index contributed by atoms with van der Waals surface area (Å²) in [6.07, 6.45) is 4.46. The van der Waals surface area contributed by atoms with E-state index >= 15 is 0 Å². The van der Waals surface area contributed by atoms with Gasteiger partial charge in [0.2, 0.25) is 0 Å². The molecule has 118 valence electrons. The molecule has 22 heavy (non-hydrogen) atoms. The van der Waals surface area contributed by atoms with Crippen molar-refractivity contribution in [2.24, 2.45) is 5.41 Å². The topological polar surface area (TPSA) is 44.1 Å². The van der Waals surface area contributed by atoms with Gasteiger partial charge in [0.25, 0.3) is 0 Å². The van der Waals surface area contributed by atoms with E-state index in [1.54, 1.807) is 30.5 Å². The van der Waals surface area contributed by atoms with Crippen LogP contribution in [0, 0.1) is 5.41 Å². The summed E-state index contributed by atoms with van der Waals surface area (Å²) in [4.78, 5) is 16.0. The van der Waals surface area contributed by atoms with Gasteiger partial charge in [-0.15, -0.1) is 0 Å². The minimum Gasteiger partial charge on any atom is -0.492 e. The summed E-state index contributed by atoms with van der Waals surface area (Å²) >= 11 is 5.75. The molecule has 2 aromatic rings. The molecule has 0 unspecified atom stereocenters.